The van der Waals surface area contributed by atoms with E-state index >= 15 is 0 Å². The molecular weight excluding hydrogens is 1260 g/mol. The number of hydrogen-bond acceptors (Lipinski definition) is 8. The van der Waals surface area contributed by atoms with E-state index in [1.807, 2.05) is 267 Å². The summed E-state index contributed by atoms with van der Waals surface area (Å²) < 4.78 is 65.7. The molecule has 8 nitrogen and oxygen atoms in total. The molecule has 12 aromatic carbocycles. The second-order valence-corrected chi connectivity index (χ2v) is 31.9. The van der Waals surface area contributed by atoms with Crippen molar-refractivity contribution < 1.29 is 56.8 Å². The van der Waals surface area contributed by atoms with Gasteiger partial charge in [-0.05, 0) is 63.6 Å². The van der Waals surface area contributed by atoms with Crippen molar-refractivity contribution in [1.29, 1.82) is 0 Å². The van der Waals surface area contributed by atoms with E-state index in [1.54, 1.807) is 80.9 Å². The van der Waals surface area contributed by atoms with Crippen LogP contribution in [0.5, 0.6) is 23.0 Å². The number of benzene rings is 12. The van der Waals surface area contributed by atoms with E-state index in [9.17, 15) is 28.5 Å². The van der Waals surface area contributed by atoms with Gasteiger partial charge in [0.1, 0.15) is 17.2 Å². The van der Waals surface area contributed by atoms with Gasteiger partial charge in [-0.2, -0.15) is 0 Å². The van der Waals surface area contributed by atoms with Crippen LogP contribution in [0.1, 0.15) is 0 Å². The van der Waals surface area contributed by atoms with Crippen LogP contribution in [0.25, 0.3) is 0 Å². The molecule has 0 amide bonds. The third-order valence-electron chi connectivity index (χ3n) is 13.8. The summed E-state index contributed by atoms with van der Waals surface area (Å²) in [6.07, 6.45) is 0. The molecule has 0 heterocycles. The van der Waals surface area contributed by atoms with Crippen LogP contribution >= 0.6 is 55.1 Å². The van der Waals surface area contributed by atoms with Gasteiger partial charge in [-0.15, -0.1) is 0 Å². The van der Waals surface area contributed by atoms with Crippen LogP contribution in [0, 0.1) is 0 Å². The predicted molar refractivity (Wildman–Crippen MR) is 371 cm³/mol. The first kappa shape index (κ1) is 68.6. The normalized spacial score (nSPS) is 10.9. The summed E-state index contributed by atoms with van der Waals surface area (Å²) >= 11 is 9.47. The van der Waals surface area contributed by atoms with E-state index in [1.165, 1.54) is 6.07 Å². The summed E-state index contributed by atoms with van der Waals surface area (Å²) in [4.78, 5) is 0. The van der Waals surface area contributed by atoms with Gasteiger partial charge in [-0.3, -0.25) is 4.57 Å². The Morgan fingerprint density at radius 3 is 0.854 bits per heavy atom. The van der Waals surface area contributed by atoms with E-state index in [0.717, 1.165) is 36.7 Å². The van der Waals surface area contributed by atoms with E-state index in [4.69, 9.17) is 20.7 Å². The Morgan fingerprint density at radius 2 is 0.551 bits per heavy atom. The van der Waals surface area contributed by atoms with Crippen LogP contribution < -0.4 is 91.8 Å². The zero-order valence-corrected chi connectivity index (χ0v) is 55.1. The standard InChI is InChI=1S/C19H17O2P.2C18H15O2P.C12H10ClOP.C7H7BrO.Li/c1-21-18-14-8-9-15-19(18)22(20,16-10-4-2-5-11-16)17-12-6-3-7-13-17;2*19-17-13-7-8-14-18(17)21(20,15-9-3-1-4-10-15)16-11-5-2-6-12-16;13-15(14,11-7-3-1-4-8-11)12-9-5-2-6-10-12;1-9-7-5-3-2-4-6(7)8;/h2-15H,1H3;2*1-14,19H;1-10H;2-5H,1H3;/q;;;;;+1/p-1. The molecule has 0 aliphatic carbocycles. The van der Waals surface area contributed by atoms with E-state index < -0.39 is 27.9 Å². The number of methoxy groups -OCH3 is 2. The summed E-state index contributed by atoms with van der Waals surface area (Å²) in [5, 5.41) is 29.8. The van der Waals surface area contributed by atoms with Crippen molar-refractivity contribution >= 4 is 113 Å². The van der Waals surface area contributed by atoms with Gasteiger partial charge in [0.2, 0.25) is 6.49 Å². The summed E-state index contributed by atoms with van der Waals surface area (Å²) in [5.41, 5.74) is 0. The van der Waals surface area contributed by atoms with Gasteiger partial charge in [0.05, 0.1) is 29.3 Å². The molecule has 89 heavy (non-hydrogen) atoms. The molecule has 0 atom stereocenters. The molecule has 0 aromatic heterocycles. The van der Waals surface area contributed by atoms with Gasteiger partial charge in [0.25, 0.3) is 0 Å². The molecule has 0 radical (unpaired) electrons. The minimum atomic E-state index is -3.13. The number of rotatable bonds is 13. The number of hydrogen-bond donors (Lipinski definition) is 1. The predicted octanol–water partition coefficient (Wildman–Crippen LogP) is 11.4. The molecule has 442 valence electrons. The summed E-state index contributed by atoms with van der Waals surface area (Å²) in [6.45, 7) is -2.93. The van der Waals surface area contributed by atoms with Crippen LogP contribution in [0.15, 0.2) is 344 Å². The van der Waals surface area contributed by atoms with Gasteiger partial charge >= 0.3 is 18.9 Å². The molecule has 12 aromatic rings. The van der Waals surface area contributed by atoms with E-state index in [2.05, 4.69) is 15.9 Å². The molecule has 15 heteroatoms. The number of phenolic OH excluding ortho intramolecular Hbond substituents is 1. The van der Waals surface area contributed by atoms with Gasteiger partial charge in [-0.25, -0.2) is 0 Å². The summed E-state index contributed by atoms with van der Waals surface area (Å²) in [7, 11) is -5.88. The fraction of sp³-hybridized carbons (Fsp3) is 0.0270. The van der Waals surface area contributed by atoms with Crippen molar-refractivity contribution in [2.75, 3.05) is 14.2 Å². The maximum Gasteiger partial charge on any atom is 1.00 e. The Bertz CT molecular complexity index is 3990. The number of phenols is 1. The van der Waals surface area contributed by atoms with Crippen molar-refractivity contribution in [2.45, 2.75) is 0 Å². The molecule has 0 fully saturated rings. The van der Waals surface area contributed by atoms with E-state index in [-0.39, 0.29) is 30.4 Å². The maximum absolute atomic E-state index is 14.1. The minimum Gasteiger partial charge on any atom is -0.872 e. The topological polar surface area (TPSA) is 130 Å². The Morgan fingerprint density at radius 1 is 0.315 bits per heavy atom. The Labute approximate surface area is 547 Å². The average molecular weight is 1330 g/mol. The van der Waals surface area contributed by atoms with Crippen molar-refractivity contribution in [3.05, 3.63) is 344 Å². The summed E-state index contributed by atoms with van der Waals surface area (Å²) in [5.74, 6) is 1.40. The largest absolute Gasteiger partial charge is 1.00 e. The number of halogens is 2. The minimum absolute atomic E-state index is 0. The maximum atomic E-state index is 14.1. The molecule has 0 spiro atoms. The van der Waals surface area contributed by atoms with Gasteiger partial charge < -0.3 is 33.4 Å². The van der Waals surface area contributed by atoms with Gasteiger partial charge in [0.15, 0.2) is 21.4 Å². The number of ether oxygens (including phenoxy) is 2. The van der Waals surface area contributed by atoms with Crippen LogP contribution in [-0.4, -0.2) is 19.3 Å². The average Bonchev–Trinajstić information content (AvgIpc) is 1.29. The number of para-hydroxylation sites is 4. The zero-order chi connectivity index (χ0) is 62.2. The molecule has 0 bridgehead atoms. The molecule has 0 unspecified atom stereocenters. The molecule has 0 saturated carbocycles. The fourth-order valence-electron chi connectivity index (χ4n) is 9.45. The summed E-state index contributed by atoms with van der Waals surface area (Å²) in [6, 6.07) is 103. The second kappa shape index (κ2) is 33.6. The van der Waals surface area contributed by atoms with Gasteiger partial charge in [0, 0.05) is 47.7 Å². The molecule has 0 saturated heterocycles. The quantitative estimate of drug-likeness (QED) is 0.0892. The SMILES string of the molecule is COc1ccccc1Br.COc1ccccc1P(=O)(c1ccccc1)c1ccccc1.O=P(Cl)(c1ccccc1)c1ccccc1.O=P(c1ccccc1)(c1ccccc1)c1ccccc1O.O=P(c1ccccc1)(c1ccccc1)c1ccccc1[O-].[Li+]. The van der Waals surface area contributed by atoms with Crippen molar-refractivity contribution in [1.82, 2.24) is 0 Å². The van der Waals surface area contributed by atoms with Crippen molar-refractivity contribution in [3.63, 3.8) is 0 Å². The van der Waals surface area contributed by atoms with Crippen LogP contribution in [0.2, 0.25) is 0 Å². The van der Waals surface area contributed by atoms with Crippen LogP contribution in [0.3, 0.4) is 0 Å². The smallest absolute Gasteiger partial charge is 0.872 e. The Balaban J connectivity index is 0.000000162. The monoisotopic (exact) mass is 1320 g/mol. The third kappa shape index (κ3) is 16.9. The fourth-order valence-corrected chi connectivity index (χ4v) is 20.2. The van der Waals surface area contributed by atoms with Crippen LogP contribution in [0.4, 0.5) is 0 Å². The molecule has 0 aliphatic rings. The van der Waals surface area contributed by atoms with Crippen molar-refractivity contribution in [3.8, 4) is 23.0 Å². The molecular formula is C74H63BrClLiO8P4. The van der Waals surface area contributed by atoms with E-state index in [0.29, 0.717) is 37.6 Å². The number of aromatic hydroxyl groups is 1. The Kier molecular flexibility index (Phi) is 25.9. The molecule has 12 rings (SSSR count). The van der Waals surface area contributed by atoms with Gasteiger partial charge in [-0.1, -0.05) is 309 Å². The van der Waals surface area contributed by atoms with Crippen LogP contribution in [-0.2, 0) is 18.3 Å². The first-order valence-electron chi connectivity index (χ1n) is 27.8. The second-order valence-electron chi connectivity index (χ2n) is 19.3. The van der Waals surface area contributed by atoms with Crippen molar-refractivity contribution in [2.24, 2.45) is 0 Å². The first-order valence-corrected chi connectivity index (χ1v) is 36.3. The molecule has 1 N–H and O–H groups in total. The molecule has 0 aliphatic heterocycles. The third-order valence-corrected chi connectivity index (χ3v) is 26.9. The zero-order valence-electron chi connectivity index (χ0n) is 49.2. The Hall–Kier alpha value is -7.87. The first-order chi connectivity index (χ1) is 42.8.